The van der Waals surface area contributed by atoms with Gasteiger partial charge in [0.05, 0.1) is 3.92 Å². The van der Waals surface area contributed by atoms with Crippen LogP contribution in [0.2, 0.25) is 0 Å². The van der Waals surface area contributed by atoms with Crippen LogP contribution in [0, 0.1) is 0 Å². The van der Waals surface area contributed by atoms with Gasteiger partial charge >= 0.3 is 5.16 Å². The number of imidazole rings is 1. The number of nitrogens with zero attached hydrogens (tertiary/aromatic N) is 1. The van der Waals surface area contributed by atoms with E-state index < -0.39 is 0 Å². The zero-order chi connectivity index (χ0) is 11.3. The number of hydrogen-bond acceptors (Lipinski definition) is 1. The number of para-hydroxylation sites is 2. The first-order valence-corrected chi connectivity index (χ1v) is 7.64. The summed E-state index contributed by atoms with van der Waals surface area (Å²) in [5, 5.41) is 1.29. The SMILES string of the molecule is CC1(C)C(I)CSc2[nH]c3ccccc3[n+]21. The number of hydrogen-bond donors (Lipinski definition) is 1. The Balaban J connectivity index is 2.35. The van der Waals surface area contributed by atoms with E-state index in [0.29, 0.717) is 3.92 Å². The predicted octanol–water partition coefficient (Wildman–Crippen LogP) is 3.10. The van der Waals surface area contributed by atoms with Crippen molar-refractivity contribution in [2.75, 3.05) is 5.75 Å². The van der Waals surface area contributed by atoms with E-state index in [-0.39, 0.29) is 5.54 Å². The summed E-state index contributed by atoms with van der Waals surface area (Å²) in [5.74, 6) is 1.18. The highest BCUT2D eigenvalue weighted by Gasteiger charge is 2.42. The Morgan fingerprint density at radius 2 is 2.19 bits per heavy atom. The van der Waals surface area contributed by atoms with Crippen molar-refractivity contribution in [3.05, 3.63) is 24.3 Å². The van der Waals surface area contributed by atoms with Gasteiger partial charge in [-0.25, -0.2) is 9.55 Å². The van der Waals surface area contributed by atoms with Gasteiger partial charge in [0, 0.05) is 5.75 Å². The molecule has 0 amide bonds. The molecule has 1 unspecified atom stereocenters. The largest absolute Gasteiger partial charge is 0.317 e. The molecular formula is C12H14IN2S+. The molecule has 0 saturated carbocycles. The van der Waals surface area contributed by atoms with Gasteiger partial charge < -0.3 is 0 Å². The zero-order valence-corrected chi connectivity index (χ0v) is 12.3. The summed E-state index contributed by atoms with van der Waals surface area (Å²) >= 11 is 4.50. The molecule has 0 bridgehead atoms. The molecule has 0 saturated heterocycles. The van der Waals surface area contributed by atoms with Crippen LogP contribution in [-0.2, 0) is 5.54 Å². The van der Waals surface area contributed by atoms with Crippen molar-refractivity contribution < 1.29 is 4.57 Å². The van der Waals surface area contributed by atoms with E-state index in [4.69, 9.17) is 0 Å². The van der Waals surface area contributed by atoms with Gasteiger partial charge in [-0.15, -0.1) is 0 Å². The van der Waals surface area contributed by atoms with Gasteiger partial charge in [-0.3, -0.25) is 0 Å². The third kappa shape index (κ3) is 1.42. The van der Waals surface area contributed by atoms with E-state index in [0.717, 1.165) is 0 Å². The Morgan fingerprint density at radius 3 is 3.00 bits per heavy atom. The van der Waals surface area contributed by atoms with Crippen molar-refractivity contribution in [1.29, 1.82) is 0 Å². The molecule has 1 aliphatic heterocycles. The molecule has 2 aromatic rings. The highest BCUT2D eigenvalue weighted by molar-refractivity contribution is 14.1. The first kappa shape index (κ1) is 10.9. The minimum absolute atomic E-state index is 0.181. The molecule has 1 aromatic heterocycles. The second kappa shape index (κ2) is 3.63. The minimum atomic E-state index is 0.181. The van der Waals surface area contributed by atoms with Crippen LogP contribution < -0.4 is 4.57 Å². The van der Waals surface area contributed by atoms with Crippen LogP contribution >= 0.6 is 34.4 Å². The third-order valence-electron chi connectivity index (χ3n) is 3.30. The molecule has 2 heterocycles. The Kier molecular flexibility index (Phi) is 2.47. The number of aromatic nitrogens is 2. The highest BCUT2D eigenvalue weighted by atomic mass is 127. The van der Waals surface area contributed by atoms with Gasteiger partial charge in [0.2, 0.25) is 0 Å². The van der Waals surface area contributed by atoms with Gasteiger partial charge in [0.15, 0.2) is 11.0 Å². The Labute approximate surface area is 113 Å². The van der Waals surface area contributed by atoms with Gasteiger partial charge in [-0.05, 0) is 37.7 Å². The molecule has 1 aromatic carbocycles. The van der Waals surface area contributed by atoms with Crippen molar-refractivity contribution in [1.82, 2.24) is 4.98 Å². The number of nitrogens with one attached hydrogen (secondary N) is 1. The van der Waals surface area contributed by atoms with E-state index in [1.807, 2.05) is 11.8 Å². The topological polar surface area (TPSA) is 19.7 Å². The fraction of sp³-hybridized carbons (Fsp3) is 0.417. The number of aromatic amines is 1. The normalized spacial score (nSPS) is 23.3. The molecule has 1 N–H and O–H groups in total. The average Bonchev–Trinajstić information content (AvgIpc) is 2.63. The second-order valence-corrected chi connectivity index (χ2v) is 7.23. The summed E-state index contributed by atoms with van der Waals surface area (Å²) in [5.41, 5.74) is 2.74. The van der Waals surface area contributed by atoms with Crippen molar-refractivity contribution in [3.8, 4) is 0 Å². The van der Waals surface area contributed by atoms with E-state index in [2.05, 4.69) is 70.3 Å². The maximum absolute atomic E-state index is 3.51. The predicted molar refractivity (Wildman–Crippen MR) is 76.3 cm³/mol. The lowest BCUT2D eigenvalue weighted by Crippen LogP contribution is -2.61. The minimum Gasteiger partial charge on any atom is -0.231 e. The lowest BCUT2D eigenvalue weighted by molar-refractivity contribution is -0.767. The highest BCUT2D eigenvalue weighted by Crippen LogP contribution is 2.35. The summed E-state index contributed by atoms with van der Waals surface area (Å²) in [6.45, 7) is 4.65. The number of thioether (sulfide) groups is 1. The molecule has 0 spiro atoms. The molecular weight excluding hydrogens is 331 g/mol. The molecule has 16 heavy (non-hydrogen) atoms. The van der Waals surface area contributed by atoms with E-state index >= 15 is 0 Å². The number of halogens is 1. The first-order valence-electron chi connectivity index (χ1n) is 5.41. The summed E-state index contributed by atoms with van der Waals surface area (Å²) in [6, 6.07) is 8.55. The number of benzene rings is 1. The van der Waals surface area contributed by atoms with Crippen LogP contribution in [0.4, 0.5) is 0 Å². The molecule has 2 nitrogen and oxygen atoms in total. The van der Waals surface area contributed by atoms with E-state index in [9.17, 15) is 0 Å². The summed E-state index contributed by atoms with van der Waals surface area (Å²) < 4.78 is 3.11. The van der Waals surface area contributed by atoms with Gasteiger partial charge in [-0.1, -0.05) is 34.7 Å². The molecule has 3 rings (SSSR count). The van der Waals surface area contributed by atoms with E-state index in [1.54, 1.807) is 0 Å². The van der Waals surface area contributed by atoms with Crippen LogP contribution in [0.5, 0.6) is 0 Å². The number of H-pyrrole nitrogens is 1. The average molecular weight is 345 g/mol. The van der Waals surface area contributed by atoms with Crippen LogP contribution in [0.25, 0.3) is 11.0 Å². The summed E-state index contributed by atoms with van der Waals surface area (Å²) in [7, 11) is 0. The van der Waals surface area contributed by atoms with Gasteiger partial charge in [0.1, 0.15) is 5.54 Å². The lowest BCUT2D eigenvalue weighted by atomic mass is 10.0. The van der Waals surface area contributed by atoms with Crippen LogP contribution in [-0.4, -0.2) is 14.7 Å². The Bertz CT molecular complexity index is 547. The molecule has 0 aliphatic carbocycles. The van der Waals surface area contributed by atoms with Crippen molar-refractivity contribution in [3.63, 3.8) is 0 Å². The molecule has 84 valence electrons. The first-order chi connectivity index (χ1) is 7.60. The van der Waals surface area contributed by atoms with Crippen LogP contribution in [0.15, 0.2) is 29.4 Å². The fourth-order valence-corrected chi connectivity index (χ4v) is 4.40. The smallest absolute Gasteiger partial charge is 0.231 e. The maximum Gasteiger partial charge on any atom is 0.317 e. The van der Waals surface area contributed by atoms with Crippen LogP contribution in [0.3, 0.4) is 0 Å². The molecule has 1 atom stereocenters. The number of rotatable bonds is 0. The summed E-state index contributed by atoms with van der Waals surface area (Å²) in [6.07, 6.45) is 0. The second-order valence-electron chi connectivity index (χ2n) is 4.71. The van der Waals surface area contributed by atoms with Crippen molar-refractivity contribution >= 4 is 45.4 Å². The third-order valence-corrected chi connectivity index (χ3v) is 6.92. The standard InChI is InChI=1S/C12H13IN2S/c1-12(2)10(13)7-16-11-14-8-5-3-4-6-9(8)15(11)12/h3-6,10H,7H2,1-2H3/p+1. The lowest BCUT2D eigenvalue weighted by Gasteiger charge is -2.31. The van der Waals surface area contributed by atoms with Crippen LogP contribution in [0.1, 0.15) is 13.8 Å². The number of fused-ring (bicyclic) bond motifs is 3. The Morgan fingerprint density at radius 1 is 1.44 bits per heavy atom. The molecule has 0 fully saturated rings. The summed E-state index contributed by atoms with van der Waals surface area (Å²) in [4.78, 5) is 3.51. The van der Waals surface area contributed by atoms with Crippen molar-refractivity contribution in [2.45, 2.75) is 28.5 Å². The fourth-order valence-electron chi connectivity index (χ4n) is 2.22. The monoisotopic (exact) mass is 345 g/mol. The quantitative estimate of drug-likeness (QED) is 0.442. The van der Waals surface area contributed by atoms with E-state index in [1.165, 1.54) is 21.9 Å². The van der Waals surface area contributed by atoms with Gasteiger partial charge in [-0.2, -0.15) is 0 Å². The Hall–Kier alpha value is -0.230. The maximum atomic E-state index is 3.51. The zero-order valence-electron chi connectivity index (χ0n) is 9.33. The molecule has 4 heteroatoms. The molecule has 0 radical (unpaired) electrons. The molecule has 1 aliphatic rings. The van der Waals surface area contributed by atoms with Crippen molar-refractivity contribution in [2.24, 2.45) is 0 Å². The van der Waals surface area contributed by atoms with Gasteiger partial charge in [0.25, 0.3) is 0 Å². The number of alkyl halides is 1.